The van der Waals surface area contributed by atoms with Crippen LogP contribution in [0.1, 0.15) is 66.7 Å². The van der Waals surface area contributed by atoms with Crippen molar-refractivity contribution in [2.75, 3.05) is 13.1 Å². The largest absolute Gasteiger partial charge is 0.352 e. The zero-order valence-electron chi connectivity index (χ0n) is 13.6. The zero-order valence-corrected chi connectivity index (χ0v) is 13.6. The second-order valence-electron chi connectivity index (χ2n) is 6.18. The van der Waals surface area contributed by atoms with Gasteiger partial charge in [-0.1, -0.05) is 18.5 Å². The predicted molar refractivity (Wildman–Crippen MR) is 88.4 cm³/mol. The second kappa shape index (κ2) is 7.08. The van der Waals surface area contributed by atoms with Crippen molar-refractivity contribution in [3.05, 3.63) is 23.0 Å². The molecule has 0 aliphatic heterocycles. The molecule has 0 atom stereocenters. The number of amides is 1. The number of hydrogen-bond donors (Lipinski definition) is 2. The fourth-order valence-corrected chi connectivity index (χ4v) is 2.77. The second-order valence-corrected chi connectivity index (χ2v) is 6.18. The Labute approximate surface area is 135 Å². The molecule has 0 radical (unpaired) electrons. The molecule has 0 unspecified atom stereocenters. The third-order valence-electron chi connectivity index (χ3n) is 4.18. The van der Waals surface area contributed by atoms with Crippen molar-refractivity contribution in [2.24, 2.45) is 5.73 Å². The fraction of sp³-hybridized carbons (Fsp3) is 0.588. The van der Waals surface area contributed by atoms with Gasteiger partial charge in [0.05, 0.1) is 16.6 Å². The van der Waals surface area contributed by atoms with Crippen LogP contribution in [-0.2, 0) is 6.42 Å². The Balaban J connectivity index is 1.91. The van der Waals surface area contributed by atoms with E-state index in [-0.39, 0.29) is 5.91 Å². The summed E-state index contributed by atoms with van der Waals surface area (Å²) >= 11 is 0. The lowest BCUT2D eigenvalue weighted by Gasteiger charge is -2.08. The molecule has 1 amide bonds. The van der Waals surface area contributed by atoms with Gasteiger partial charge in [-0.3, -0.25) is 4.79 Å². The molecule has 3 rings (SSSR count). The van der Waals surface area contributed by atoms with Crippen LogP contribution in [0.15, 0.2) is 10.6 Å². The summed E-state index contributed by atoms with van der Waals surface area (Å²) < 4.78 is 5.40. The SMILES string of the molecule is CCCc1noc2nc(C3CC3)cc(C(=O)NCCCCN)c12. The highest BCUT2D eigenvalue weighted by molar-refractivity contribution is 6.06. The van der Waals surface area contributed by atoms with Crippen LogP contribution in [0.3, 0.4) is 0 Å². The van der Waals surface area contributed by atoms with Gasteiger partial charge in [-0.25, -0.2) is 4.98 Å². The third kappa shape index (κ3) is 3.52. The van der Waals surface area contributed by atoms with Crippen molar-refractivity contribution in [1.29, 1.82) is 0 Å². The van der Waals surface area contributed by atoms with Gasteiger partial charge in [0, 0.05) is 18.2 Å². The van der Waals surface area contributed by atoms with E-state index in [1.165, 1.54) is 0 Å². The minimum Gasteiger partial charge on any atom is -0.352 e. The summed E-state index contributed by atoms with van der Waals surface area (Å²) in [6, 6.07) is 1.93. The molecule has 2 aromatic heterocycles. The molecule has 1 saturated carbocycles. The summed E-state index contributed by atoms with van der Waals surface area (Å²) in [5.41, 5.74) is 8.40. The topological polar surface area (TPSA) is 94.0 Å². The molecular weight excluding hydrogens is 292 g/mol. The van der Waals surface area contributed by atoms with E-state index in [4.69, 9.17) is 10.3 Å². The number of aromatic nitrogens is 2. The summed E-state index contributed by atoms with van der Waals surface area (Å²) in [4.78, 5) is 17.2. The highest BCUT2D eigenvalue weighted by atomic mass is 16.5. The normalized spacial score (nSPS) is 14.3. The maximum atomic E-state index is 12.6. The first kappa shape index (κ1) is 15.9. The van der Waals surface area contributed by atoms with Gasteiger partial charge >= 0.3 is 0 Å². The lowest BCUT2D eigenvalue weighted by atomic mass is 10.0. The van der Waals surface area contributed by atoms with E-state index < -0.39 is 0 Å². The van der Waals surface area contributed by atoms with Gasteiger partial charge in [0.25, 0.3) is 11.6 Å². The van der Waals surface area contributed by atoms with E-state index in [9.17, 15) is 4.79 Å². The first-order chi connectivity index (χ1) is 11.2. The van der Waals surface area contributed by atoms with E-state index in [0.717, 1.165) is 55.3 Å². The molecule has 0 aromatic carbocycles. The van der Waals surface area contributed by atoms with E-state index in [0.29, 0.717) is 30.3 Å². The number of nitrogens with two attached hydrogens (primary N) is 1. The van der Waals surface area contributed by atoms with Gasteiger partial charge in [-0.15, -0.1) is 0 Å². The van der Waals surface area contributed by atoms with Gasteiger partial charge in [-0.05, 0) is 44.7 Å². The van der Waals surface area contributed by atoms with Crippen molar-refractivity contribution in [3.63, 3.8) is 0 Å². The van der Waals surface area contributed by atoms with Crippen molar-refractivity contribution >= 4 is 17.0 Å². The number of hydrogen-bond acceptors (Lipinski definition) is 5. The quantitative estimate of drug-likeness (QED) is 0.730. The van der Waals surface area contributed by atoms with Crippen LogP contribution in [-0.4, -0.2) is 29.1 Å². The lowest BCUT2D eigenvalue weighted by Crippen LogP contribution is -2.25. The molecular formula is C17H24N4O2. The van der Waals surface area contributed by atoms with Crippen molar-refractivity contribution in [1.82, 2.24) is 15.5 Å². The van der Waals surface area contributed by atoms with Crippen molar-refractivity contribution in [3.8, 4) is 0 Å². The monoisotopic (exact) mass is 316 g/mol. The first-order valence-electron chi connectivity index (χ1n) is 8.52. The summed E-state index contributed by atoms with van der Waals surface area (Å²) in [7, 11) is 0. The minimum absolute atomic E-state index is 0.0723. The number of unbranched alkanes of at least 4 members (excludes halogenated alkanes) is 1. The van der Waals surface area contributed by atoms with Gasteiger partial charge in [0.15, 0.2) is 0 Å². The summed E-state index contributed by atoms with van der Waals surface area (Å²) in [5.74, 6) is 0.389. The van der Waals surface area contributed by atoms with Crippen LogP contribution >= 0.6 is 0 Å². The molecule has 3 N–H and O–H groups in total. The maximum Gasteiger partial charge on any atom is 0.259 e. The number of nitrogens with one attached hydrogen (secondary N) is 1. The lowest BCUT2D eigenvalue weighted by molar-refractivity contribution is 0.0954. The van der Waals surface area contributed by atoms with E-state index in [1.807, 2.05) is 6.07 Å². The molecule has 1 fully saturated rings. The highest BCUT2D eigenvalue weighted by Gasteiger charge is 2.28. The van der Waals surface area contributed by atoms with Crippen LogP contribution in [0, 0.1) is 0 Å². The summed E-state index contributed by atoms with van der Waals surface area (Å²) in [5, 5.41) is 7.88. The Bertz CT molecular complexity index is 691. The Morgan fingerprint density at radius 2 is 2.26 bits per heavy atom. The molecule has 6 nitrogen and oxygen atoms in total. The highest BCUT2D eigenvalue weighted by Crippen LogP contribution is 2.40. The van der Waals surface area contributed by atoms with Crippen LogP contribution < -0.4 is 11.1 Å². The molecule has 2 heterocycles. The molecule has 1 aliphatic rings. The fourth-order valence-electron chi connectivity index (χ4n) is 2.77. The van der Waals surface area contributed by atoms with E-state index >= 15 is 0 Å². The molecule has 0 saturated heterocycles. The molecule has 0 spiro atoms. The maximum absolute atomic E-state index is 12.6. The molecule has 2 aromatic rings. The summed E-state index contributed by atoms with van der Waals surface area (Å²) in [6.45, 7) is 3.36. The van der Waals surface area contributed by atoms with Crippen molar-refractivity contribution in [2.45, 2.75) is 51.4 Å². The Hall–Kier alpha value is -1.95. The van der Waals surface area contributed by atoms with Gasteiger partial charge in [0.1, 0.15) is 0 Å². The standard InChI is InChI=1S/C17H24N4O2/c1-2-5-13-15-12(16(22)19-9-4-3-8-18)10-14(11-6-7-11)20-17(15)23-21-13/h10-11H,2-9,18H2,1H3,(H,19,22). The Kier molecular flexibility index (Phi) is 4.91. The summed E-state index contributed by atoms with van der Waals surface area (Å²) in [6.07, 6.45) is 5.79. The predicted octanol–water partition coefficient (Wildman–Crippen LogP) is 2.52. The number of rotatable bonds is 8. The Morgan fingerprint density at radius 3 is 2.96 bits per heavy atom. The third-order valence-corrected chi connectivity index (χ3v) is 4.18. The average molecular weight is 316 g/mol. The number of fused-ring (bicyclic) bond motifs is 1. The number of aryl methyl sites for hydroxylation is 1. The molecule has 1 aliphatic carbocycles. The molecule has 6 heteroatoms. The average Bonchev–Trinajstić information content (AvgIpc) is 3.33. The number of carbonyl (C=O) groups is 1. The zero-order chi connectivity index (χ0) is 16.2. The minimum atomic E-state index is -0.0723. The van der Waals surface area contributed by atoms with Gasteiger partial charge < -0.3 is 15.6 Å². The van der Waals surface area contributed by atoms with Gasteiger partial charge in [-0.2, -0.15) is 0 Å². The molecule has 0 bridgehead atoms. The number of pyridine rings is 1. The van der Waals surface area contributed by atoms with Crippen LogP contribution in [0.5, 0.6) is 0 Å². The van der Waals surface area contributed by atoms with Crippen LogP contribution in [0.2, 0.25) is 0 Å². The molecule has 124 valence electrons. The van der Waals surface area contributed by atoms with Crippen LogP contribution in [0.4, 0.5) is 0 Å². The van der Waals surface area contributed by atoms with Crippen LogP contribution in [0.25, 0.3) is 11.1 Å². The molecule has 23 heavy (non-hydrogen) atoms. The van der Waals surface area contributed by atoms with Gasteiger partial charge in [0.2, 0.25) is 0 Å². The van der Waals surface area contributed by atoms with E-state index in [1.54, 1.807) is 0 Å². The van der Waals surface area contributed by atoms with E-state index in [2.05, 4.69) is 22.4 Å². The number of nitrogens with zero attached hydrogens (tertiary/aromatic N) is 2. The smallest absolute Gasteiger partial charge is 0.259 e. The van der Waals surface area contributed by atoms with Crippen molar-refractivity contribution < 1.29 is 9.32 Å². The Morgan fingerprint density at radius 1 is 1.43 bits per heavy atom. The first-order valence-corrected chi connectivity index (χ1v) is 8.52. The number of carbonyl (C=O) groups excluding carboxylic acids is 1.